The summed E-state index contributed by atoms with van der Waals surface area (Å²) >= 11 is 0. The number of hydrogen-bond acceptors (Lipinski definition) is 1. The molecule has 0 aliphatic heterocycles. The van der Waals surface area contributed by atoms with Gasteiger partial charge in [-0.1, -0.05) is 95.6 Å². The second-order valence-corrected chi connectivity index (χ2v) is 9.90. The van der Waals surface area contributed by atoms with E-state index in [9.17, 15) is 4.57 Å². The Hall–Kier alpha value is -2.59. The molecule has 0 aliphatic rings. The zero-order valence-electron chi connectivity index (χ0n) is 14.8. The van der Waals surface area contributed by atoms with E-state index < -0.39 is 15.7 Å². The van der Waals surface area contributed by atoms with Gasteiger partial charge in [-0.3, -0.25) is 0 Å². The molecule has 27 heavy (non-hydrogen) atoms. The minimum Gasteiger partial charge on any atom is -0.0622 e. The third kappa shape index (κ3) is 3.91. The number of benzene rings is 4. The van der Waals surface area contributed by atoms with E-state index in [4.69, 9.17) is 0 Å². The van der Waals surface area contributed by atoms with Crippen LogP contribution in [0, 0.1) is 0 Å². The van der Waals surface area contributed by atoms with Gasteiger partial charge in [0, 0.05) is 5.30 Å². The van der Waals surface area contributed by atoms with Crippen LogP contribution in [-0.4, -0.2) is 0 Å². The Morgan fingerprint density at radius 1 is 0.519 bits per heavy atom. The third-order valence-electron chi connectivity index (χ3n) is 4.36. The summed E-state index contributed by atoms with van der Waals surface area (Å²) < 4.78 is 13.4. The average molecular weight is 385 g/mol. The Labute approximate surface area is 162 Å². The Morgan fingerprint density at radius 2 is 0.963 bits per heavy atom. The predicted molar refractivity (Wildman–Crippen MR) is 118 cm³/mol. The quantitative estimate of drug-likeness (QED) is 0.470. The summed E-state index contributed by atoms with van der Waals surface area (Å²) in [7, 11) is -2.41. The van der Waals surface area contributed by atoms with E-state index in [2.05, 4.69) is 54.6 Å². The fourth-order valence-electron chi connectivity index (χ4n) is 3.11. The summed E-state index contributed by atoms with van der Waals surface area (Å²) in [6.07, 6.45) is 0. The monoisotopic (exact) mass is 385 g/mol. The molecular formula is C24H19OP2+. The van der Waals surface area contributed by atoms with Crippen molar-refractivity contribution in [3.05, 3.63) is 115 Å². The van der Waals surface area contributed by atoms with E-state index in [0.29, 0.717) is 0 Å². The number of hydrogen-bond donors (Lipinski definition) is 0. The number of rotatable bonds is 5. The van der Waals surface area contributed by atoms with Gasteiger partial charge in [0.2, 0.25) is 5.30 Å². The first-order valence-corrected chi connectivity index (χ1v) is 11.5. The summed E-state index contributed by atoms with van der Waals surface area (Å²) in [6, 6.07) is 39.0. The molecule has 130 valence electrons. The maximum absolute atomic E-state index is 13.4. The van der Waals surface area contributed by atoms with Crippen LogP contribution < -0.4 is 26.5 Å². The van der Waals surface area contributed by atoms with Crippen molar-refractivity contribution in [3.63, 3.8) is 0 Å². The van der Waals surface area contributed by atoms with Crippen LogP contribution in [-0.2, 0) is 4.57 Å². The van der Waals surface area contributed by atoms with Gasteiger partial charge >= 0.3 is 7.80 Å². The van der Waals surface area contributed by atoms with Gasteiger partial charge < -0.3 is 0 Å². The molecule has 4 aromatic rings. The summed E-state index contributed by atoms with van der Waals surface area (Å²) in [5.74, 6) is 0. The molecule has 0 aromatic heterocycles. The van der Waals surface area contributed by atoms with Crippen LogP contribution in [0.25, 0.3) is 0 Å². The molecule has 3 heteroatoms. The van der Waals surface area contributed by atoms with Gasteiger partial charge in [0.1, 0.15) is 0 Å². The first kappa shape index (κ1) is 17.8. The fraction of sp³-hybridized carbons (Fsp3) is 0. The molecule has 1 unspecified atom stereocenters. The smallest absolute Gasteiger partial charge is 0.0622 e. The molecular weight excluding hydrogens is 366 g/mol. The van der Waals surface area contributed by atoms with E-state index >= 15 is 0 Å². The second kappa shape index (κ2) is 8.40. The average Bonchev–Trinajstić information content (AvgIpc) is 2.76. The molecule has 1 nitrogen and oxygen atoms in total. The third-order valence-corrected chi connectivity index (χ3v) is 8.63. The molecule has 0 heterocycles. The van der Waals surface area contributed by atoms with Crippen molar-refractivity contribution in [3.8, 4) is 0 Å². The second-order valence-electron chi connectivity index (χ2n) is 6.13. The Bertz CT molecular complexity index is 992. The van der Waals surface area contributed by atoms with E-state index in [-0.39, 0.29) is 0 Å². The highest BCUT2D eigenvalue weighted by atomic mass is 31.1. The van der Waals surface area contributed by atoms with Crippen LogP contribution in [0.2, 0.25) is 0 Å². The zero-order valence-corrected chi connectivity index (χ0v) is 16.6. The van der Waals surface area contributed by atoms with Gasteiger partial charge in [-0.25, -0.2) is 0 Å². The van der Waals surface area contributed by atoms with Crippen LogP contribution in [0.1, 0.15) is 0 Å². The van der Waals surface area contributed by atoms with Gasteiger partial charge in [0.15, 0.2) is 5.30 Å². The maximum atomic E-state index is 13.4. The topological polar surface area (TPSA) is 17.1 Å². The van der Waals surface area contributed by atoms with Crippen molar-refractivity contribution in [2.24, 2.45) is 0 Å². The lowest BCUT2D eigenvalue weighted by Gasteiger charge is -2.19. The molecule has 0 radical (unpaired) electrons. The Morgan fingerprint density at radius 3 is 1.52 bits per heavy atom. The van der Waals surface area contributed by atoms with Gasteiger partial charge in [0.25, 0.3) is 0 Å². The van der Waals surface area contributed by atoms with Crippen LogP contribution >= 0.6 is 15.7 Å². The first-order chi connectivity index (χ1) is 13.3. The van der Waals surface area contributed by atoms with Crippen LogP contribution in [0.15, 0.2) is 115 Å². The first-order valence-electron chi connectivity index (χ1n) is 8.86. The normalized spacial score (nSPS) is 11.4. The summed E-state index contributed by atoms with van der Waals surface area (Å²) in [6.45, 7) is 0. The molecule has 4 aromatic carbocycles. The SMILES string of the molecule is O=[P+](c1ccccc1)c1ccccc1P(c1ccccc1)c1ccccc1. The summed E-state index contributed by atoms with van der Waals surface area (Å²) in [5, 5.41) is 5.49. The lowest BCUT2D eigenvalue weighted by Crippen LogP contribution is -2.30. The molecule has 1 atom stereocenters. The van der Waals surface area contributed by atoms with Gasteiger partial charge in [-0.2, -0.15) is 0 Å². The van der Waals surface area contributed by atoms with Crippen molar-refractivity contribution >= 4 is 42.2 Å². The maximum Gasteiger partial charge on any atom is 0.415 e. The summed E-state index contributed by atoms with van der Waals surface area (Å²) in [4.78, 5) is 0. The van der Waals surface area contributed by atoms with E-state index in [1.165, 1.54) is 10.6 Å². The highest BCUT2D eigenvalue weighted by molar-refractivity contribution is 7.81. The Kier molecular flexibility index (Phi) is 5.54. The largest absolute Gasteiger partial charge is 0.415 e. The van der Waals surface area contributed by atoms with Crippen LogP contribution in [0.4, 0.5) is 0 Å². The van der Waals surface area contributed by atoms with Crippen molar-refractivity contribution in [1.29, 1.82) is 0 Å². The van der Waals surface area contributed by atoms with Gasteiger partial charge in [-0.15, -0.1) is 0 Å². The van der Waals surface area contributed by atoms with E-state index in [0.717, 1.165) is 15.9 Å². The molecule has 0 bridgehead atoms. The molecule has 4 rings (SSSR count). The highest BCUT2D eigenvalue weighted by Crippen LogP contribution is 2.34. The molecule has 0 fully saturated rings. The molecule has 0 saturated carbocycles. The standard InChI is InChI=1S/C24H19OP2/c25-27(22-16-8-3-9-17-22)24-19-11-10-18-23(24)26(20-12-4-1-5-13-20)21-14-6-2-7-15-21/h1-19H/q+1. The zero-order chi connectivity index (χ0) is 18.5. The summed E-state index contributed by atoms with van der Waals surface area (Å²) in [5.41, 5.74) is 0. The van der Waals surface area contributed by atoms with Gasteiger partial charge in [0.05, 0.1) is 0 Å². The van der Waals surface area contributed by atoms with Crippen molar-refractivity contribution in [2.75, 3.05) is 0 Å². The lowest BCUT2D eigenvalue weighted by atomic mass is 10.3. The van der Waals surface area contributed by atoms with Crippen molar-refractivity contribution in [2.45, 2.75) is 0 Å². The highest BCUT2D eigenvalue weighted by Gasteiger charge is 2.31. The minimum atomic E-state index is -1.64. The molecule has 0 N–H and O–H groups in total. The fourth-order valence-corrected chi connectivity index (χ4v) is 7.24. The van der Waals surface area contributed by atoms with Crippen molar-refractivity contribution in [1.82, 2.24) is 0 Å². The Balaban J connectivity index is 1.88. The van der Waals surface area contributed by atoms with E-state index in [1.807, 2.05) is 60.7 Å². The molecule has 0 spiro atoms. The molecule has 0 saturated heterocycles. The molecule has 0 amide bonds. The lowest BCUT2D eigenvalue weighted by molar-refractivity contribution is 0.598. The van der Waals surface area contributed by atoms with E-state index in [1.54, 1.807) is 0 Å². The van der Waals surface area contributed by atoms with Gasteiger partial charge in [-0.05, 0) is 42.8 Å². The molecule has 0 aliphatic carbocycles. The minimum absolute atomic E-state index is 0.773. The van der Waals surface area contributed by atoms with Crippen molar-refractivity contribution < 1.29 is 4.57 Å². The van der Waals surface area contributed by atoms with Crippen LogP contribution in [0.5, 0.6) is 0 Å². The van der Waals surface area contributed by atoms with Crippen LogP contribution in [0.3, 0.4) is 0 Å². The predicted octanol–water partition coefficient (Wildman–Crippen LogP) is 4.22.